The smallest absolute Gasteiger partial charge is 0.450 e. The highest BCUT2D eigenvalue weighted by Crippen LogP contribution is 2.51. The molecule has 0 aromatic heterocycles. The molecule has 4 rings (SSSR count). The number of halogens is 2. The van der Waals surface area contributed by atoms with Gasteiger partial charge in [0.15, 0.2) is 17.3 Å². The fraction of sp³-hybridized carbons (Fsp3) is 0.614. The highest BCUT2D eigenvalue weighted by atomic mass is 35.5. The van der Waals surface area contributed by atoms with Gasteiger partial charge in [-0.25, -0.2) is 14.2 Å². The van der Waals surface area contributed by atoms with Crippen LogP contribution in [0.1, 0.15) is 177 Å². The number of hydrogen-bond acceptors (Lipinski definition) is 11. The molecule has 2 aromatic rings. The Morgan fingerprint density at radius 2 is 1.10 bits per heavy atom. The lowest BCUT2D eigenvalue weighted by molar-refractivity contribution is -0.128. The summed E-state index contributed by atoms with van der Waals surface area (Å²) in [6, 6.07) is 6.38. The van der Waals surface area contributed by atoms with E-state index in [0.29, 0.717) is 23.1 Å². The van der Waals surface area contributed by atoms with Crippen LogP contribution < -0.4 is 9.47 Å². The number of benzene rings is 2. The zero-order chi connectivity index (χ0) is 42.5. The minimum atomic E-state index is -4.16. The maximum atomic E-state index is 13.8. The van der Waals surface area contributed by atoms with E-state index in [2.05, 4.69) is 6.92 Å². The van der Waals surface area contributed by atoms with Gasteiger partial charge in [0.1, 0.15) is 17.2 Å². The van der Waals surface area contributed by atoms with E-state index in [1.165, 1.54) is 78.1 Å². The van der Waals surface area contributed by atoms with E-state index in [4.69, 9.17) is 55.7 Å². The van der Waals surface area contributed by atoms with E-state index >= 15 is 0 Å². The second kappa shape index (κ2) is 22.1. The minimum Gasteiger partial charge on any atom is -0.450 e. The molecular formula is C44H61Cl2O11P. The van der Waals surface area contributed by atoms with Crippen molar-refractivity contribution in [2.24, 2.45) is 0 Å². The number of esters is 2. The molecule has 58 heavy (non-hydrogen) atoms. The predicted molar refractivity (Wildman–Crippen MR) is 226 cm³/mol. The molecule has 0 spiro atoms. The number of phosphoric ester groups is 1. The molecule has 0 saturated heterocycles. The molecule has 0 N–H and O–H groups in total. The number of phosphoric acid groups is 1. The Morgan fingerprint density at radius 3 is 1.53 bits per heavy atom. The first-order valence-corrected chi connectivity index (χ1v) is 23.0. The van der Waals surface area contributed by atoms with Crippen molar-refractivity contribution in [2.45, 2.75) is 162 Å². The Labute approximate surface area is 354 Å². The Balaban J connectivity index is 1.44. The van der Waals surface area contributed by atoms with Crippen molar-refractivity contribution >= 4 is 54.3 Å². The Bertz CT molecular complexity index is 1740. The molecule has 0 radical (unpaired) electrons. The highest BCUT2D eigenvalue weighted by Gasteiger charge is 2.38. The number of carbonyl (C=O) groups is 3. The predicted octanol–water partition coefficient (Wildman–Crippen LogP) is 13.0. The van der Waals surface area contributed by atoms with Crippen LogP contribution in [-0.4, -0.2) is 48.6 Å². The van der Waals surface area contributed by atoms with Crippen LogP contribution >= 0.6 is 31.0 Å². The van der Waals surface area contributed by atoms with Crippen molar-refractivity contribution in [2.75, 3.05) is 13.2 Å². The van der Waals surface area contributed by atoms with Gasteiger partial charge in [0.2, 0.25) is 11.6 Å². The third kappa shape index (κ3) is 14.4. The average molecular weight is 868 g/mol. The van der Waals surface area contributed by atoms with Gasteiger partial charge >= 0.3 is 19.8 Å². The van der Waals surface area contributed by atoms with Gasteiger partial charge in [-0.3, -0.25) is 18.4 Å². The van der Waals surface area contributed by atoms with Crippen molar-refractivity contribution < 1.29 is 51.5 Å². The normalized spacial score (nSPS) is 16.8. The lowest BCUT2D eigenvalue weighted by Crippen LogP contribution is -2.39. The second-order valence-corrected chi connectivity index (χ2v) is 18.4. The molecule has 2 aliphatic heterocycles. The van der Waals surface area contributed by atoms with Gasteiger partial charge in [0.05, 0.1) is 23.3 Å². The Kier molecular flexibility index (Phi) is 18.2. The summed E-state index contributed by atoms with van der Waals surface area (Å²) in [4.78, 5) is 38.2. The fourth-order valence-corrected chi connectivity index (χ4v) is 8.64. The van der Waals surface area contributed by atoms with Gasteiger partial charge in [-0.15, -0.1) is 0 Å². The largest absolute Gasteiger partial charge is 0.475 e. The molecular weight excluding hydrogens is 806 g/mol. The van der Waals surface area contributed by atoms with E-state index < -0.39 is 37.4 Å². The topological polar surface area (TPSA) is 133 Å². The van der Waals surface area contributed by atoms with E-state index in [9.17, 15) is 18.9 Å². The Hall–Kier alpha value is -2.92. The number of carbonyl (C=O) groups excluding carboxylic acids is 3. The molecule has 14 heteroatoms. The minimum absolute atomic E-state index is 0.102. The molecule has 2 atom stereocenters. The first-order chi connectivity index (χ1) is 27.4. The maximum absolute atomic E-state index is 13.8. The highest BCUT2D eigenvalue weighted by molar-refractivity contribution is 7.48. The maximum Gasteiger partial charge on any atom is 0.475 e. The van der Waals surface area contributed by atoms with Crippen molar-refractivity contribution in [3.8, 4) is 11.5 Å². The summed E-state index contributed by atoms with van der Waals surface area (Å²) in [5.41, 5.74) is 1.62. The van der Waals surface area contributed by atoms with Crippen molar-refractivity contribution in [3.63, 3.8) is 0 Å². The van der Waals surface area contributed by atoms with E-state index in [1.807, 2.05) is 0 Å². The summed E-state index contributed by atoms with van der Waals surface area (Å²) in [6.45, 7) is 11.5. The monoisotopic (exact) mass is 866 g/mol. The molecule has 2 aromatic carbocycles. The zero-order valence-electron chi connectivity index (χ0n) is 35.2. The van der Waals surface area contributed by atoms with Crippen LogP contribution in [0.25, 0.3) is 5.57 Å². The van der Waals surface area contributed by atoms with E-state index in [-0.39, 0.29) is 58.1 Å². The third-order valence-corrected chi connectivity index (χ3v) is 12.0. The quantitative estimate of drug-likeness (QED) is 0.0536. The molecule has 0 bridgehead atoms. The van der Waals surface area contributed by atoms with Gasteiger partial charge in [-0.1, -0.05) is 120 Å². The molecule has 11 nitrogen and oxygen atoms in total. The first kappa shape index (κ1) is 47.8. The van der Waals surface area contributed by atoms with Gasteiger partial charge in [0, 0.05) is 27.7 Å². The van der Waals surface area contributed by atoms with Crippen molar-refractivity contribution in [1.82, 2.24) is 0 Å². The second-order valence-electron chi connectivity index (χ2n) is 15.9. The van der Waals surface area contributed by atoms with E-state index in [0.717, 1.165) is 19.3 Å². The van der Waals surface area contributed by atoms with Gasteiger partial charge in [-0.2, -0.15) is 0 Å². The van der Waals surface area contributed by atoms with Crippen LogP contribution in [0.3, 0.4) is 0 Å². The van der Waals surface area contributed by atoms with Gasteiger partial charge in [0.25, 0.3) is 0 Å². The molecule has 0 saturated carbocycles. The zero-order valence-corrected chi connectivity index (χ0v) is 37.6. The first-order valence-electron chi connectivity index (χ1n) is 20.7. The van der Waals surface area contributed by atoms with Crippen LogP contribution in [0.2, 0.25) is 10.0 Å². The molecule has 0 amide bonds. The number of unbranched alkanes of at least 4 members (excludes halogenated alkanes) is 13. The summed E-state index contributed by atoms with van der Waals surface area (Å²) >= 11 is 13.4. The molecule has 2 unspecified atom stereocenters. The molecule has 2 heterocycles. The summed E-state index contributed by atoms with van der Waals surface area (Å²) in [6.07, 6.45) is 17.7. The van der Waals surface area contributed by atoms with Crippen molar-refractivity contribution in [1.29, 1.82) is 0 Å². The van der Waals surface area contributed by atoms with Crippen molar-refractivity contribution in [3.05, 3.63) is 62.6 Å². The summed E-state index contributed by atoms with van der Waals surface area (Å²) in [5, 5.41) is 0.307. The number of Topliss-reactive ketones (excluding diaryl/α,β-unsaturated/α-hetero) is 1. The summed E-state index contributed by atoms with van der Waals surface area (Å²) < 4.78 is 53.6. The number of ether oxygens (including phenoxy) is 4. The lowest BCUT2D eigenvalue weighted by atomic mass is 9.93. The molecule has 2 aliphatic rings. The van der Waals surface area contributed by atoms with Gasteiger partial charge in [-0.05, 0) is 67.7 Å². The third-order valence-electron chi connectivity index (χ3n) is 9.84. The Morgan fingerprint density at radius 1 is 0.690 bits per heavy atom. The number of ketones is 1. The molecule has 322 valence electrons. The van der Waals surface area contributed by atoms with Crippen LogP contribution in [0.15, 0.2) is 30.3 Å². The number of cyclic esters (lactones) is 2. The SMILES string of the molecule is CCCCCCCCCCCCCCCCOP(=O)(OCCC=C(c1cc(Cl)c2c(c1)C(=O)OC(C)(C)O2)c1cc(Cl)c2c(c1)C(=O)OC(C)(C)O2)OC(C)C(C)=O. The number of hydrogen-bond donors (Lipinski definition) is 0. The van der Waals surface area contributed by atoms with Crippen LogP contribution in [0, 0.1) is 0 Å². The molecule has 0 fully saturated rings. The standard InChI is InChI=1S/C44H61Cl2O11P/c1-8-9-10-11-12-13-14-15-16-17-18-19-20-21-24-51-58(50,57-31(3)30(2)47)52-25-22-23-34(32-26-35-39(37(45)28-32)53-43(4,5)55-41(35)48)33-27-36-40(38(46)29-33)54-44(6,7)56-42(36)49/h23,26-29,31H,8-22,24-25H2,1-7H3. The average Bonchev–Trinajstić information content (AvgIpc) is 3.13. The van der Waals surface area contributed by atoms with Crippen LogP contribution in [0.5, 0.6) is 11.5 Å². The van der Waals surface area contributed by atoms with Crippen LogP contribution in [-0.2, 0) is 32.4 Å². The lowest BCUT2D eigenvalue weighted by Gasteiger charge is -2.33. The number of fused-ring (bicyclic) bond motifs is 2. The van der Waals surface area contributed by atoms with Crippen LogP contribution in [0.4, 0.5) is 0 Å². The summed E-state index contributed by atoms with van der Waals surface area (Å²) in [5.74, 6) is -3.69. The van der Waals surface area contributed by atoms with E-state index in [1.54, 1.807) is 58.0 Å². The summed E-state index contributed by atoms with van der Waals surface area (Å²) in [7, 11) is -4.16. The number of rotatable bonds is 25. The van der Waals surface area contributed by atoms with Gasteiger partial charge < -0.3 is 18.9 Å². The fourth-order valence-electron chi connectivity index (χ4n) is 6.71. The molecule has 0 aliphatic carbocycles.